The lowest BCUT2D eigenvalue weighted by atomic mass is 10.1. The number of halogens is 1. The van der Waals surface area contributed by atoms with E-state index >= 15 is 0 Å². The summed E-state index contributed by atoms with van der Waals surface area (Å²) in [5.74, 6) is -0.217. The van der Waals surface area contributed by atoms with Gasteiger partial charge in [0.25, 0.3) is 5.91 Å². The van der Waals surface area contributed by atoms with Crippen molar-refractivity contribution < 1.29 is 9.53 Å². The molecule has 0 fully saturated rings. The van der Waals surface area contributed by atoms with Gasteiger partial charge in [-0.2, -0.15) is 0 Å². The first kappa shape index (κ1) is 15.9. The van der Waals surface area contributed by atoms with Gasteiger partial charge < -0.3 is 10.1 Å². The van der Waals surface area contributed by atoms with Crippen LogP contribution in [0.4, 0.5) is 0 Å². The Morgan fingerprint density at radius 2 is 2.14 bits per heavy atom. The van der Waals surface area contributed by atoms with Crippen LogP contribution in [-0.2, 0) is 4.74 Å². The molecule has 0 unspecified atom stereocenters. The lowest BCUT2D eigenvalue weighted by Crippen LogP contribution is -2.26. The first-order valence-corrected chi connectivity index (χ1v) is 7.81. The molecule has 1 heterocycles. The van der Waals surface area contributed by atoms with Crippen LogP contribution in [0.1, 0.15) is 23.8 Å². The zero-order valence-electron chi connectivity index (χ0n) is 11.6. The third-order valence-electron chi connectivity index (χ3n) is 2.76. The molecule has 7 heteroatoms. The number of carbonyl (C=O) groups is 1. The highest BCUT2D eigenvalue weighted by atomic mass is 35.5. The lowest BCUT2D eigenvalue weighted by molar-refractivity contribution is 0.0940. The Labute approximate surface area is 132 Å². The standard InChI is InChI=1S/C14H16ClN3O2S/c1-2-20-9-3-8-16-14(19)12-13(21-18-17-12)10-4-6-11(15)7-5-10/h4-7H,2-3,8-9H2,1H3,(H,16,19). The summed E-state index contributed by atoms with van der Waals surface area (Å²) in [5.41, 5.74) is 1.23. The molecule has 0 aliphatic carbocycles. The van der Waals surface area contributed by atoms with Crippen LogP contribution in [0.5, 0.6) is 0 Å². The average molecular weight is 326 g/mol. The maximum absolute atomic E-state index is 12.1. The minimum absolute atomic E-state index is 0.217. The zero-order chi connectivity index (χ0) is 15.1. The quantitative estimate of drug-likeness (QED) is 0.795. The number of ether oxygens (including phenoxy) is 1. The number of aromatic nitrogens is 2. The van der Waals surface area contributed by atoms with Crippen LogP contribution >= 0.6 is 23.1 Å². The van der Waals surface area contributed by atoms with Gasteiger partial charge in [0.15, 0.2) is 5.69 Å². The second-order valence-corrected chi connectivity index (χ2v) is 5.45. The topological polar surface area (TPSA) is 64.1 Å². The van der Waals surface area contributed by atoms with Crippen LogP contribution in [0.3, 0.4) is 0 Å². The van der Waals surface area contributed by atoms with Crippen molar-refractivity contribution in [1.29, 1.82) is 0 Å². The number of amides is 1. The van der Waals surface area contributed by atoms with Gasteiger partial charge in [0.2, 0.25) is 0 Å². The van der Waals surface area contributed by atoms with Gasteiger partial charge in [0.05, 0.1) is 4.88 Å². The predicted octanol–water partition coefficient (Wildman–Crippen LogP) is 3.01. The second kappa shape index (κ2) is 8.07. The molecule has 1 amide bonds. The number of hydrogen-bond acceptors (Lipinski definition) is 5. The molecular formula is C14H16ClN3O2S. The molecule has 0 spiro atoms. The summed E-state index contributed by atoms with van der Waals surface area (Å²) >= 11 is 7.06. The second-order valence-electron chi connectivity index (χ2n) is 4.26. The van der Waals surface area contributed by atoms with Gasteiger partial charge in [-0.15, -0.1) is 5.10 Å². The number of rotatable bonds is 7. The molecule has 2 rings (SSSR count). The maximum atomic E-state index is 12.1. The summed E-state index contributed by atoms with van der Waals surface area (Å²) in [7, 11) is 0. The first-order valence-electron chi connectivity index (χ1n) is 6.66. The van der Waals surface area contributed by atoms with E-state index in [2.05, 4.69) is 14.9 Å². The summed E-state index contributed by atoms with van der Waals surface area (Å²) in [6, 6.07) is 7.26. The molecule has 0 radical (unpaired) electrons. The largest absolute Gasteiger partial charge is 0.382 e. The lowest BCUT2D eigenvalue weighted by Gasteiger charge is -2.05. The highest BCUT2D eigenvalue weighted by molar-refractivity contribution is 7.09. The van der Waals surface area contributed by atoms with E-state index in [9.17, 15) is 4.79 Å². The number of hydrogen-bond donors (Lipinski definition) is 1. The molecule has 0 saturated carbocycles. The van der Waals surface area contributed by atoms with E-state index in [0.717, 1.165) is 16.9 Å². The summed E-state index contributed by atoms with van der Waals surface area (Å²) in [6.45, 7) is 3.81. The number of nitrogens with one attached hydrogen (secondary N) is 1. The van der Waals surface area contributed by atoms with Crippen LogP contribution in [0.25, 0.3) is 10.4 Å². The Kier molecular flexibility index (Phi) is 6.10. The summed E-state index contributed by atoms with van der Waals surface area (Å²) in [5, 5.41) is 7.40. The Balaban J connectivity index is 1.99. The molecule has 0 aliphatic heterocycles. The number of benzene rings is 1. The van der Waals surface area contributed by atoms with Crippen molar-refractivity contribution in [3.05, 3.63) is 35.0 Å². The minimum Gasteiger partial charge on any atom is -0.382 e. The van der Waals surface area contributed by atoms with E-state index in [1.165, 1.54) is 11.5 Å². The molecular weight excluding hydrogens is 310 g/mol. The monoisotopic (exact) mass is 325 g/mol. The van der Waals surface area contributed by atoms with E-state index in [1.54, 1.807) is 12.1 Å². The van der Waals surface area contributed by atoms with Gasteiger partial charge in [0.1, 0.15) is 0 Å². The van der Waals surface area contributed by atoms with Gasteiger partial charge in [0, 0.05) is 24.8 Å². The first-order chi connectivity index (χ1) is 10.2. The van der Waals surface area contributed by atoms with E-state index in [0.29, 0.717) is 30.5 Å². The van der Waals surface area contributed by atoms with Gasteiger partial charge in [-0.3, -0.25) is 4.79 Å². The van der Waals surface area contributed by atoms with Crippen LogP contribution in [0.15, 0.2) is 24.3 Å². The molecule has 1 aromatic heterocycles. The van der Waals surface area contributed by atoms with Crippen molar-refractivity contribution in [3.63, 3.8) is 0 Å². The van der Waals surface area contributed by atoms with Crippen molar-refractivity contribution in [3.8, 4) is 10.4 Å². The molecule has 21 heavy (non-hydrogen) atoms. The summed E-state index contributed by atoms with van der Waals surface area (Å²) < 4.78 is 9.09. The minimum atomic E-state index is -0.217. The van der Waals surface area contributed by atoms with Gasteiger partial charge in [-0.1, -0.05) is 28.2 Å². The number of nitrogens with zero attached hydrogens (tertiary/aromatic N) is 2. The average Bonchev–Trinajstić information content (AvgIpc) is 2.97. The van der Waals surface area contributed by atoms with Crippen molar-refractivity contribution in [2.75, 3.05) is 19.8 Å². The fraction of sp³-hybridized carbons (Fsp3) is 0.357. The fourth-order valence-corrected chi connectivity index (χ4v) is 2.53. The van der Waals surface area contributed by atoms with Crippen LogP contribution in [0, 0.1) is 0 Å². The Morgan fingerprint density at radius 1 is 1.38 bits per heavy atom. The Bertz CT molecular complexity index is 586. The molecule has 0 saturated heterocycles. The van der Waals surface area contributed by atoms with Gasteiger partial charge >= 0.3 is 0 Å². The van der Waals surface area contributed by atoms with E-state index in [1.807, 2.05) is 19.1 Å². The van der Waals surface area contributed by atoms with Crippen molar-refractivity contribution >= 4 is 29.0 Å². The molecule has 5 nitrogen and oxygen atoms in total. The molecule has 1 N–H and O–H groups in total. The van der Waals surface area contributed by atoms with Crippen molar-refractivity contribution in [2.45, 2.75) is 13.3 Å². The molecule has 0 aliphatic rings. The predicted molar refractivity (Wildman–Crippen MR) is 83.8 cm³/mol. The van der Waals surface area contributed by atoms with E-state index in [4.69, 9.17) is 16.3 Å². The Hall–Kier alpha value is -1.50. The maximum Gasteiger partial charge on any atom is 0.273 e. The molecule has 0 atom stereocenters. The highest BCUT2D eigenvalue weighted by Crippen LogP contribution is 2.27. The molecule has 112 valence electrons. The molecule has 2 aromatic rings. The van der Waals surface area contributed by atoms with Crippen molar-refractivity contribution in [2.24, 2.45) is 0 Å². The third kappa shape index (κ3) is 4.49. The van der Waals surface area contributed by atoms with Crippen LogP contribution in [0.2, 0.25) is 5.02 Å². The van der Waals surface area contributed by atoms with Crippen LogP contribution < -0.4 is 5.32 Å². The van der Waals surface area contributed by atoms with Gasteiger partial charge in [-0.05, 0) is 42.6 Å². The smallest absolute Gasteiger partial charge is 0.273 e. The summed E-state index contributed by atoms with van der Waals surface area (Å²) in [4.78, 5) is 12.9. The van der Waals surface area contributed by atoms with E-state index < -0.39 is 0 Å². The normalized spacial score (nSPS) is 10.6. The van der Waals surface area contributed by atoms with E-state index in [-0.39, 0.29) is 5.91 Å². The summed E-state index contributed by atoms with van der Waals surface area (Å²) in [6.07, 6.45) is 0.771. The SMILES string of the molecule is CCOCCCNC(=O)c1nnsc1-c1ccc(Cl)cc1. The fourth-order valence-electron chi connectivity index (χ4n) is 1.73. The third-order valence-corrected chi connectivity index (χ3v) is 3.79. The van der Waals surface area contributed by atoms with Gasteiger partial charge in [-0.25, -0.2) is 0 Å². The van der Waals surface area contributed by atoms with Crippen LogP contribution in [-0.4, -0.2) is 35.3 Å². The number of carbonyl (C=O) groups excluding carboxylic acids is 1. The van der Waals surface area contributed by atoms with Crippen molar-refractivity contribution in [1.82, 2.24) is 14.9 Å². The highest BCUT2D eigenvalue weighted by Gasteiger charge is 2.17. The molecule has 1 aromatic carbocycles. The Morgan fingerprint density at radius 3 is 2.86 bits per heavy atom. The zero-order valence-corrected chi connectivity index (χ0v) is 13.2. The molecule has 0 bridgehead atoms.